The zero-order valence-corrected chi connectivity index (χ0v) is 11.4. The molecule has 1 aliphatic carbocycles. The molecule has 20 heavy (non-hydrogen) atoms. The van der Waals surface area contributed by atoms with E-state index in [9.17, 15) is 0 Å². The van der Waals surface area contributed by atoms with Crippen molar-refractivity contribution in [3.8, 4) is 17.7 Å². The third-order valence-electron chi connectivity index (χ3n) is 3.93. The highest BCUT2D eigenvalue weighted by Gasteiger charge is 2.24. The van der Waals surface area contributed by atoms with Gasteiger partial charge in [-0.05, 0) is 30.9 Å². The summed E-state index contributed by atoms with van der Waals surface area (Å²) in [4.78, 5) is 8.63. The second kappa shape index (κ2) is 5.41. The van der Waals surface area contributed by atoms with Gasteiger partial charge in [0.25, 0.3) is 5.89 Å². The van der Waals surface area contributed by atoms with Crippen LogP contribution in [0.5, 0.6) is 0 Å². The average molecular weight is 268 g/mol. The highest BCUT2D eigenvalue weighted by atomic mass is 16.5. The molecule has 0 unspecified atom stereocenters. The first kappa shape index (κ1) is 12.8. The van der Waals surface area contributed by atoms with Crippen LogP contribution in [0.15, 0.2) is 22.9 Å². The molecule has 1 saturated carbocycles. The molecule has 0 saturated heterocycles. The van der Waals surface area contributed by atoms with E-state index in [0.29, 0.717) is 23.1 Å². The van der Waals surface area contributed by atoms with Gasteiger partial charge in [-0.25, -0.2) is 4.98 Å². The minimum absolute atomic E-state index is 0.405. The van der Waals surface area contributed by atoms with E-state index in [1.165, 1.54) is 19.0 Å². The molecule has 2 aromatic rings. The summed E-state index contributed by atoms with van der Waals surface area (Å²) < 4.78 is 5.30. The molecule has 0 bridgehead atoms. The Balaban J connectivity index is 1.77. The molecule has 0 aliphatic heterocycles. The van der Waals surface area contributed by atoms with Crippen LogP contribution >= 0.6 is 0 Å². The monoisotopic (exact) mass is 268 g/mol. The Kier molecular flexibility index (Phi) is 3.46. The number of pyridine rings is 1. The Hall–Kier alpha value is -2.22. The average Bonchev–Trinajstić information content (AvgIpc) is 2.98. The van der Waals surface area contributed by atoms with E-state index in [1.54, 1.807) is 12.1 Å². The predicted molar refractivity (Wildman–Crippen MR) is 72.6 cm³/mol. The molecule has 1 fully saturated rings. The molecule has 0 spiro atoms. The van der Waals surface area contributed by atoms with Gasteiger partial charge in [0.15, 0.2) is 5.82 Å². The summed E-state index contributed by atoms with van der Waals surface area (Å²) in [5.41, 5.74) is 1.14. The zero-order chi connectivity index (χ0) is 13.9. The van der Waals surface area contributed by atoms with E-state index in [-0.39, 0.29) is 0 Å². The lowest BCUT2D eigenvalue weighted by molar-refractivity contribution is 0.329. The van der Waals surface area contributed by atoms with E-state index in [2.05, 4.69) is 22.0 Å². The number of nitrogens with zero attached hydrogens (tertiary/aromatic N) is 4. The summed E-state index contributed by atoms with van der Waals surface area (Å²) in [5, 5.41) is 12.8. The van der Waals surface area contributed by atoms with E-state index < -0.39 is 0 Å². The predicted octanol–water partition coefficient (Wildman–Crippen LogP) is 3.30. The Morgan fingerprint density at radius 1 is 1.25 bits per heavy atom. The van der Waals surface area contributed by atoms with Crippen molar-refractivity contribution >= 4 is 0 Å². The number of hydrogen-bond donors (Lipinski definition) is 0. The molecule has 0 radical (unpaired) electrons. The lowest BCUT2D eigenvalue weighted by Crippen LogP contribution is -2.11. The molecule has 5 heteroatoms. The fourth-order valence-corrected chi connectivity index (χ4v) is 2.61. The van der Waals surface area contributed by atoms with E-state index in [0.717, 1.165) is 24.6 Å². The second-order valence-corrected chi connectivity index (χ2v) is 5.46. The van der Waals surface area contributed by atoms with E-state index >= 15 is 0 Å². The smallest absolute Gasteiger partial charge is 0.276 e. The third-order valence-corrected chi connectivity index (χ3v) is 3.93. The second-order valence-electron chi connectivity index (χ2n) is 5.46. The molecule has 2 aromatic heterocycles. The minimum Gasteiger partial charge on any atom is -0.332 e. The molecule has 0 aromatic carbocycles. The fraction of sp³-hybridized carbons (Fsp3) is 0.467. The number of aromatic nitrogens is 3. The third kappa shape index (κ3) is 2.55. The molecular formula is C15H16N4O. The summed E-state index contributed by atoms with van der Waals surface area (Å²) in [5.74, 6) is 2.43. The molecule has 0 amide bonds. The normalized spacial score (nSPS) is 22.4. The van der Waals surface area contributed by atoms with Gasteiger partial charge >= 0.3 is 0 Å². The summed E-state index contributed by atoms with van der Waals surface area (Å²) in [6, 6.07) is 5.48. The molecule has 1 aliphatic rings. The standard InChI is InChI=1S/C15H16N4O/c1-10-2-5-12(6-3-10)14-18-15(20-19-14)13-7-4-11(8-16)9-17-13/h4,7,9-10,12H,2-3,5-6H2,1H3. The fourth-order valence-electron chi connectivity index (χ4n) is 2.61. The van der Waals surface area contributed by atoms with E-state index in [1.807, 2.05) is 6.07 Å². The Morgan fingerprint density at radius 3 is 2.70 bits per heavy atom. The number of nitriles is 1. The zero-order valence-electron chi connectivity index (χ0n) is 11.4. The van der Waals surface area contributed by atoms with Crippen LogP contribution in [0.2, 0.25) is 0 Å². The quantitative estimate of drug-likeness (QED) is 0.835. The first-order valence-corrected chi connectivity index (χ1v) is 6.96. The van der Waals surface area contributed by atoms with Gasteiger partial charge in [0.05, 0.1) is 5.56 Å². The Bertz CT molecular complexity index is 618. The van der Waals surface area contributed by atoms with Crippen molar-refractivity contribution in [3.63, 3.8) is 0 Å². The summed E-state index contributed by atoms with van der Waals surface area (Å²) >= 11 is 0. The van der Waals surface area contributed by atoms with Gasteiger partial charge in [0.1, 0.15) is 11.8 Å². The van der Waals surface area contributed by atoms with E-state index in [4.69, 9.17) is 9.78 Å². The van der Waals surface area contributed by atoms with Crippen molar-refractivity contribution in [1.29, 1.82) is 5.26 Å². The molecule has 3 rings (SSSR count). The van der Waals surface area contributed by atoms with Crippen LogP contribution in [0.25, 0.3) is 11.6 Å². The van der Waals surface area contributed by atoms with Crippen LogP contribution in [0.1, 0.15) is 49.9 Å². The molecular weight excluding hydrogens is 252 g/mol. The van der Waals surface area contributed by atoms with Crippen molar-refractivity contribution in [3.05, 3.63) is 29.7 Å². The van der Waals surface area contributed by atoms with Gasteiger partial charge in [-0.15, -0.1) is 0 Å². The summed E-state index contributed by atoms with van der Waals surface area (Å²) in [7, 11) is 0. The van der Waals surface area contributed by atoms with Crippen molar-refractivity contribution in [2.45, 2.75) is 38.5 Å². The van der Waals surface area contributed by atoms with Crippen LogP contribution in [0.4, 0.5) is 0 Å². The summed E-state index contributed by atoms with van der Waals surface area (Å²) in [6.45, 7) is 2.29. The van der Waals surface area contributed by atoms with Crippen molar-refractivity contribution < 1.29 is 4.52 Å². The van der Waals surface area contributed by atoms with Gasteiger partial charge in [-0.1, -0.05) is 24.9 Å². The van der Waals surface area contributed by atoms with Gasteiger partial charge in [-0.3, -0.25) is 0 Å². The molecule has 2 heterocycles. The maximum atomic E-state index is 8.75. The van der Waals surface area contributed by atoms with Crippen LogP contribution in [-0.4, -0.2) is 15.1 Å². The van der Waals surface area contributed by atoms with Gasteiger partial charge in [0.2, 0.25) is 0 Å². The topological polar surface area (TPSA) is 75.6 Å². The van der Waals surface area contributed by atoms with Gasteiger partial charge in [-0.2, -0.15) is 10.2 Å². The SMILES string of the molecule is CC1CCC(c2noc(-c3ccc(C#N)cn3)n2)CC1. The first-order valence-electron chi connectivity index (χ1n) is 6.96. The lowest BCUT2D eigenvalue weighted by atomic mass is 9.83. The maximum Gasteiger partial charge on any atom is 0.276 e. The summed E-state index contributed by atoms with van der Waals surface area (Å²) in [6.07, 6.45) is 6.22. The van der Waals surface area contributed by atoms with Crippen LogP contribution in [0, 0.1) is 17.2 Å². The van der Waals surface area contributed by atoms with Crippen molar-refractivity contribution in [1.82, 2.24) is 15.1 Å². The van der Waals surface area contributed by atoms with Gasteiger partial charge < -0.3 is 4.52 Å². The van der Waals surface area contributed by atoms with Crippen molar-refractivity contribution in [2.75, 3.05) is 0 Å². The molecule has 0 atom stereocenters. The lowest BCUT2D eigenvalue weighted by Gasteiger charge is -2.23. The maximum absolute atomic E-state index is 8.75. The van der Waals surface area contributed by atoms with Crippen LogP contribution in [-0.2, 0) is 0 Å². The van der Waals surface area contributed by atoms with Crippen LogP contribution < -0.4 is 0 Å². The molecule has 5 nitrogen and oxygen atoms in total. The minimum atomic E-state index is 0.405. The Labute approximate surface area is 117 Å². The molecule has 0 N–H and O–H groups in total. The number of hydrogen-bond acceptors (Lipinski definition) is 5. The molecule has 102 valence electrons. The largest absolute Gasteiger partial charge is 0.332 e. The highest BCUT2D eigenvalue weighted by molar-refractivity contribution is 5.47. The van der Waals surface area contributed by atoms with Gasteiger partial charge in [0, 0.05) is 12.1 Å². The Morgan fingerprint density at radius 2 is 2.05 bits per heavy atom. The number of rotatable bonds is 2. The first-order chi connectivity index (χ1) is 9.76. The highest BCUT2D eigenvalue weighted by Crippen LogP contribution is 2.34. The van der Waals surface area contributed by atoms with Crippen molar-refractivity contribution in [2.24, 2.45) is 5.92 Å². The van der Waals surface area contributed by atoms with Crippen LogP contribution in [0.3, 0.4) is 0 Å².